The van der Waals surface area contributed by atoms with Crippen LogP contribution in [-0.2, 0) is 11.3 Å². The van der Waals surface area contributed by atoms with E-state index >= 15 is 0 Å². The van der Waals surface area contributed by atoms with Gasteiger partial charge in [-0.3, -0.25) is 4.79 Å². The SMILES string of the molecule is C[C@@H](NCc1cccc2c1OCO2)c1ccc2c(c1)NC(=O)CO2. The number of amides is 1. The van der Waals surface area contributed by atoms with Gasteiger partial charge in [0.05, 0.1) is 5.69 Å². The highest BCUT2D eigenvalue weighted by Gasteiger charge is 2.19. The fourth-order valence-corrected chi connectivity index (χ4v) is 2.88. The molecule has 4 rings (SSSR count). The van der Waals surface area contributed by atoms with Crippen LogP contribution in [0.25, 0.3) is 0 Å². The average Bonchev–Trinajstić information content (AvgIpc) is 3.08. The highest BCUT2D eigenvalue weighted by molar-refractivity contribution is 5.95. The van der Waals surface area contributed by atoms with Gasteiger partial charge in [-0.1, -0.05) is 18.2 Å². The second kappa shape index (κ2) is 6.05. The maximum absolute atomic E-state index is 11.4. The summed E-state index contributed by atoms with van der Waals surface area (Å²) in [5.41, 5.74) is 2.85. The van der Waals surface area contributed by atoms with Gasteiger partial charge in [0, 0.05) is 18.2 Å². The van der Waals surface area contributed by atoms with E-state index in [-0.39, 0.29) is 25.3 Å². The third kappa shape index (κ3) is 2.76. The van der Waals surface area contributed by atoms with Crippen molar-refractivity contribution in [2.45, 2.75) is 19.5 Å². The van der Waals surface area contributed by atoms with Gasteiger partial charge in [-0.2, -0.15) is 0 Å². The summed E-state index contributed by atoms with van der Waals surface area (Å²) in [6, 6.07) is 11.8. The van der Waals surface area contributed by atoms with Crippen LogP contribution in [0.5, 0.6) is 17.2 Å². The predicted octanol–water partition coefficient (Wildman–Crippen LogP) is 2.60. The molecule has 0 radical (unpaired) electrons. The molecule has 2 aliphatic rings. The lowest BCUT2D eigenvalue weighted by molar-refractivity contribution is -0.118. The van der Waals surface area contributed by atoms with Gasteiger partial charge in [0.2, 0.25) is 6.79 Å². The first-order valence-corrected chi connectivity index (χ1v) is 7.88. The maximum atomic E-state index is 11.4. The molecule has 24 heavy (non-hydrogen) atoms. The molecule has 0 saturated carbocycles. The van der Waals surface area contributed by atoms with Crippen LogP contribution >= 0.6 is 0 Å². The van der Waals surface area contributed by atoms with Crippen LogP contribution in [0.4, 0.5) is 5.69 Å². The number of nitrogens with one attached hydrogen (secondary N) is 2. The van der Waals surface area contributed by atoms with E-state index in [0.717, 1.165) is 28.3 Å². The van der Waals surface area contributed by atoms with Gasteiger partial charge in [0.15, 0.2) is 18.1 Å². The zero-order valence-corrected chi connectivity index (χ0v) is 13.3. The molecule has 2 aliphatic heterocycles. The molecule has 0 aromatic heterocycles. The van der Waals surface area contributed by atoms with Gasteiger partial charge in [-0.15, -0.1) is 0 Å². The largest absolute Gasteiger partial charge is 0.482 e. The number of para-hydroxylation sites is 1. The van der Waals surface area contributed by atoms with E-state index in [1.807, 2.05) is 36.4 Å². The number of hydrogen-bond donors (Lipinski definition) is 2. The van der Waals surface area contributed by atoms with Gasteiger partial charge >= 0.3 is 0 Å². The average molecular weight is 326 g/mol. The molecule has 2 aromatic rings. The Bertz CT molecular complexity index is 791. The van der Waals surface area contributed by atoms with Crippen molar-refractivity contribution < 1.29 is 19.0 Å². The van der Waals surface area contributed by atoms with Crippen LogP contribution in [0.2, 0.25) is 0 Å². The summed E-state index contributed by atoms with van der Waals surface area (Å²) in [7, 11) is 0. The Labute approximate surface area is 139 Å². The molecule has 0 saturated heterocycles. The van der Waals surface area contributed by atoms with Gasteiger partial charge in [0.25, 0.3) is 5.91 Å². The first-order valence-electron chi connectivity index (χ1n) is 7.88. The van der Waals surface area contributed by atoms with Gasteiger partial charge in [0.1, 0.15) is 5.75 Å². The van der Waals surface area contributed by atoms with Crippen molar-refractivity contribution in [1.29, 1.82) is 0 Å². The molecule has 6 heteroatoms. The minimum atomic E-state index is -0.128. The summed E-state index contributed by atoms with van der Waals surface area (Å²) < 4.78 is 16.3. The number of hydrogen-bond acceptors (Lipinski definition) is 5. The highest BCUT2D eigenvalue weighted by Crippen LogP contribution is 2.36. The molecular formula is C18H18N2O4. The van der Waals surface area contributed by atoms with E-state index in [1.54, 1.807) is 0 Å². The second-order valence-corrected chi connectivity index (χ2v) is 5.85. The second-order valence-electron chi connectivity index (χ2n) is 5.85. The summed E-state index contributed by atoms with van der Waals surface area (Å²) in [5, 5.41) is 6.31. The van der Waals surface area contributed by atoms with E-state index in [0.29, 0.717) is 12.3 Å². The van der Waals surface area contributed by atoms with Gasteiger partial charge in [-0.25, -0.2) is 0 Å². The number of ether oxygens (including phenoxy) is 3. The molecule has 0 aliphatic carbocycles. The van der Waals surface area contributed by atoms with Gasteiger partial charge in [-0.05, 0) is 30.7 Å². The number of carbonyl (C=O) groups is 1. The first-order chi connectivity index (χ1) is 11.7. The monoisotopic (exact) mass is 326 g/mol. The van der Waals surface area contributed by atoms with Crippen LogP contribution in [0.15, 0.2) is 36.4 Å². The van der Waals surface area contributed by atoms with Crippen LogP contribution in [-0.4, -0.2) is 19.3 Å². The molecule has 2 heterocycles. The fraction of sp³-hybridized carbons (Fsp3) is 0.278. The van der Waals surface area contributed by atoms with Crippen molar-refractivity contribution in [1.82, 2.24) is 5.32 Å². The predicted molar refractivity (Wildman–Crippen MR) is 88.4 cm³/mol. The van der Waals surface area contributed by atoms with Crippen LogP contribution in [0.1, 0.15) is 24.1 Å². The van der Waals surface area contributed by atoms with E-state index in [9.17, 15) is 4.79 Å². The lowest BCUT2D eigenvalue weighted by Crippen LogP contribution is -2.26. The third-order valence-electron chi connectivity index (χ3n) is 4.21. The van der Waals surface area contributed by atoms with E-state index in [4.69, 9.17) is 14.2 Å². The molecule has 2 N–H and O–H groups in total. The minimum Gasteiger partial charge on any atom is -0.482 e. The summed E-state index contributed by atoms with van der Waals surface area (Å²) in [6.45, 7) is 3.08. The Morgan fingerprint density at radius 2 is 2.08 bits per heavy atom. The number of benzene rings is 2. The number of carbonyl (C=O) groups excluding carboxylic acids is 1. The Kier molecular flexibility index (Phi) is 3.74. The van der Waals surface area contributed by atoms with E-state index < -0.39 is 0 Å². The summed E-state index contributed by atoms with van der Waals surface area (Å²) in [5.74, 6) is 2.17. The molecule has 0 fully saturated rings. The number of anilines is 1. The smallest absolute Gasteiger partial charge is 0.262 e. The van der Waals surface area contributed by atoms with Crippen LogP contribution in [0.3, 0.4) is 0 Å². The van der Waals surface area contributed by atoms with Gasteiger partial charge < -0.3 is 24.8 Å². The summed E-state index contributed by atoms with van der Waals surface area (Å²) in [4.78, 5) is 11.4. The lowest BCUT2D eigenvalue weighted by Gasteiger charge is -2.21. The molecular weight excluding hydrogens is 308 g/mol. The zero-order chi connectivity index (χ0) is 16.5. The fourth-order valence-electron chi connectivity index (χ4n) is 2.88. The van der Waals surface area contributed by atoms with Crippen molar-refractivity contribution in [3.63, 3.8) is 0 Å². The summed E-state index contributed by atoms with van der Waals surface area (Å²) in [6.07, 6.45) is 0. The lowest BCUT2D eigenvalue weighted by atomic mass is 10.1. The normalized spacial score (nSPS) is 16.1. The Morgan fingerprint density at radius 3 is 3.00 bits per heavy atom. The van der Waals surface area contributed by atoms with E-state index in [2.05, 4.69) is 17.6 Å². The van der Waals surface area contributed by atoms with Crippen molar-refractivity contribution in [2.24, 2.45) is 0 Å². The Balaban J connectivity index is 1.47. The number of fused-ring (bicyclic) bond motifs is 2. The molecule has 0 unspecified atom stereocenters. The molecule has 1 atom stereocenters. The maximum Gasteiger partial charge on any atom is 0.262 e. The van der Waals surface area contributed by atoms with Crippen molar-refractivity contribution in [3.8, 4) is 17.2 Å². The van der Waals surface area contributed by atoms with Crippen molar-refractivity contribution in [2.75, 3.05) is 18.7 Å². The van der Waals surface area contributed by atoms with Crippen LogP contribution in [0, 0.1) is 0 Å². The number of rotatable bonds is 4. The quantitative estimate of drug-likeness (QED) is 0.904. The molecule has 0 spiro atoms. The Morgan fingerprint density at radius 1 is 1.17 bits per heavy atom. The van der Waals surface area contributed by atoms with Crippen LogP contribution < -0.4 is 24.8 Å². The standard InChI is InChI=1S/C18H18N2O4/c1-11(12-5-6-15-14(7-12)20-17(21)9-22-15)19-8-13-3-2-4-16-18(13)24-10-23-16/h2-7,11,19H,8-10H2,1H3,(H,20,21)/t11-/m1/s1. The zero-order valence-electron chi connectivity index (χ0n) is 13.3. The topological polar surface area (TPSA) is 68.8 Å². The third-order valence-corrected chi connectivity index (χ3v) is 4.21. The molecule has 6 nitrogen and oxygen atoms in total. The van der Waals surface area contributed by atoms with Crippen molar-refractivity contribution >= 4 is 11.6 Å². The molecule has 2 aromatic carbocycles. The first kappa shape index (κ1) is 14.8. The molecule has 0 bridgehead atoms. The minimum absolute atomic E-state index is 0.0708. The van der Waals surface area contributed by atoms with E-state index in [1.165, 1.54) is 0 Å². The molecule has 1 amide bonds. The summed E-state index contributed by atoms with van der Waals surface area (Å²) >= 11 is 0. The van der Waals surface area contributed by atoms with Crippen molar-refractivity contribution in [3.05, 3.63) is 47.5 Å². The highest BCUT2D eigenvalue weighted by atomic mass is 16.7. The Hall–Kier alpha value is -2.73. The molecule has 124 valence electrons.